The van der Waals surface area contributed by atoms with Gasteiger partial charge in [0.15, 0.2) is 0 Å². The van der Waals surface area contributed by atoms with E-state index in [2.05, 4.69) is 43.5 Å². The van der Waals surface area contributed by atoms with Crippen LogP contribution in [0.3, 0.4) is 0 Å². The summed E-state index contributed by atoms with van der Waals surface area (Å²) in [4.78, 5) is 24.7. The maximum Gasteiger partial charge on any atom is 0.305 e. The molecule has 2 atom stereocenters. The Bertz CT molecular complexity index is 1300. The molecule has 0 saturated heterocycles. The third kappa shape index (κ3) is 69.3. The molecule has 0 fully saturated rings. The molecule has 6 nitrogen and oxygen atoms in total. The number of carbonyl (C=O) groups excluding carboxylic acids is 2. The lowest BCUT2D eigenvalue weighted by Gasteiger charge is -2.22. The fraction of sp³-hybridized carbons (Fsp3) is 0.922. The van der Waals surface area contributed by atoms with Gasteiger partial charge in [0.1, 0.15) is 0 Å². The van der Waals surface area contributed by atoms with Crippen LogP contribution in [0.15, 0.2) is 24.3 Å². The summed E-state index contributed by atoms with van der Waals surface area (Å²) < 4.78 is 5.51. The van der Waals surface area contributed by atoms with E-state index in [-0.39, 0.29) is 18.5 Å². The second kappa shape index (κ2) is 72.8. The number of ether oxygens (including phenoxy) is 1. The second-order valence-corrected chi connectivity index (χ2v) is 26.3. The van der Waals surface area contributed by atoms with Crippen LogP contribution in [-0.4, -0.2) is 47.4 Å². The molecular weight excluding hydrogens is 1020 g/mol. The number of esters is 1. The highest BCUT2D eigenvalue weighted by Crippen LogP contribution is 2.19. The summed E-state index contributed by atoms with van der Waals surface area (Å²) in [6, 6.07) is -0.541. The molecular formula is C77H149NO5. The first-order valence-corrected chi connectivity index (χ1v) is 38.1. The third-order valence-corrected chi connectivity index (χ3v) is 18.0. The Morgan fingerprint density at radius 3 is 0.855 bits per heavy atom. The Balaban J connectivity index is 3.35. The zero-order valence-electron chi connectivity index (χ0n) is 56.5. The molecule has 0 aromatic heterocycles. The van der Waals surface area contributed by atoms with Crippen molar-refractivity contribution in [3.63, 3.8) is 0 Å². The van der Waals surface area contributed by atoms with Crippen molar-refractivity contribution in [3.05, 3.63) is 24.3 Å². The molecule has 0 spiro atoms. The van der Waals surface area contributed by atoms with Crippen molar-refractivity contribution in [2.75, 3.05) is 13.2 Å². The van der Waals surface area contributed by atoms with Gasteiger partial charge in [0.2, 0.25) is 5.91 Å². The van der Waals surface area contributed by atoms with Gasteiger partial charge in [0, 0.05) is 12.8 Å². The van der Waals surface area contributed by atoms with Crippen molar-refractivity contribution in [1.29, 1.82) is 0 Å². The molecule has 492 valence electrons. The fourth-order valence-electron chi connectivity index (χ4n) is 12.2. The minimum absolute atomic E-state index is 0.0171. The molecule has 0 saturated carbocycles. The van der Waals surface area contributed by atoms with Gasteiger partial charge in [-0.05, 0) is 77.0 Å². The molecule has 2 unspecified atom stereocenters. The van der Waals surface area contributed by atoms with Crippen LogP contribution in [0.5, 0.6) is 0 Å². The average Bonchev–Trinajstić information content (AvgIpc) is 3.49. The van der Waals surface area contributed by atoms with Gasteiger partial charge in [-0.15, -0.1) is 0 Å². The number of amides is 1. The SMILES string of the molecule is CCCCCCCC/C=C\CCCCCCCCCCCC(=O)OCCCCCCCCCCCCCC/C=C\CCCCCCCCCCCCCCCC(=O)NC(CO)C(O)CCCCCCCCCCCCCCCCCCCC. The highest BCUT2D eigenvalue weighted by Gasteiger charge is 2.20. The van der Waals surface area contributed by atoms with E-state index in [1.54, 1.807) is 0 Å². The van der Waals surface area contributed by atoms with Gasteiger partial charge in [-0.1, -0.05) is 366 Å². The molecule has 1 amide bonds. The van der Waals surface area contributed by atoms with Gasteiger partial charge < -0.3 is 20.3 Å². The van der Waals surface area contributed by atoms with Crippen molar-refractivity contribution in [1.82, 2.24) is 5.32 Å². The van der Waals surface area contributed by atoms with E-state index in [9.17, 15) is 19.8 Å². The Labute approximate surface area is 520 Å². The van der Waals surface area contributed by atoms with Crippen molar-refractivity contribution in [2.24, 2.45) is 0 Å². The normalized spacial score (nSPS) is 12.6. The molecule has 0 aromatic carbocycles. The Hall–Kier alpha value is -1.66. The minimum Gasteiger partial charge on any atom is -0.466 e. The maximum absolute atomic E-state index is 12.5. The highest BCUT2D eigenvalue weighted by atomic mass is 16.5. The summed E-state index contributed by atoms with van der Waals surface area (Å²) in [6.07, 6.45) is 92.5. The molecule has 6 heteroatoms. The summed E-state index contributed by atoms with van der Waals surface area (Å²) in [6.45, 7) is 4.99. The molecule has 0 radical (unpaired) electrons. The molecule has 0 rings (SSSR count). The second-order valence-electron chi connectivity index (χ2n) is 26.3. The highest BCUT2D eigenvalue weighted by molar-refractivity contribution is 5.76. The van der Waals surface area contributed by atoms with Crippen molar-refractivity contribution >= 4 is 11.9 Å². The van der Waals surface area contributed by atoms with Crippen LogP contribution in [-0.2, 0) is 14.3 Å². The number of unbranched alkanes of at least 4 members (excludes halogenated alkanes) is 57. The first kappa shape index (κ1) is 81.3. The molecule has 0 aliphatic rings. The van der Waals surface area contributed by atoms with Crippen molar-refractivity contribution in [2.45, 2.75) is 443 Å². The molecule has 83 heavy (non-hydrogen) atoms. The van der Waals surface area contributed by atoms with Crippen LogP contribution in [0.25, 0.3) is 0 Å². The number of aliphatic hydroxyl groups is 2. The summed E-state index contributed by atoms with van der Waals surface area (Å²) in [5.74, 6) is -0.0128. The zero-order chi connectivity index (χ0) is 59.9. The van der Waals surface area contributed by atoms with E-state index < -0.39 is 12.1 Å². The quantitative estimate of drug-likeness (QED) is 0.0320. The summed E-state index contributed by atoms with van der Waals surface area (Å²) in [5.41, 5.74) is 0. The number of hydrogen-bond acceptors (Lipinski definition) is 5. The lowest BCUT2D eigenvalue weighted by atomic mass is 10.0. The van der Waals surface area contributed by atoms with Crippen LogP contribution >= 0.6 is 0 Å². The fourth-order valence-corrected chi connectivity index (χ4v) is 12.2. The molecule has 0 aliphatic heterocycles. The predicted octanol–water partition coefficient (Wildman–Crippen LogP) is 24.9. The predicted molar refractivity (Wildman–Crippen MR) is 366 cm³/mol. The van der Waals surface area contributed by atoms with E-state index in [4.69, 9.17) is 4.74 Å². The number of carbonyl (C=O) groups is 2. The molecule has 0 heterocycles. The number of nitrogens with one attached hydrogen (secondary N) is 1. The summed E-state index contributed by atoms with van der Waals surface area (Å²) in [7, 11) is 0. The van der Waals surface area contributed by atoms with E-state index in [1.807, 2.05) is 0 Å². The monoisotopic (exact) mass is 1170 g/mol. The molecule has 0 aromatic rings. The molecule has 0 aliphatic carbocycles. The van der Waals surface area contributed by atoms with Gasteiger partial charge in [-0.2, -0.15) is 0 Å². The summed E-state index contributed by atoms with van der Waals surface area (Å²) in [5, 5.41) is 23.4. The largest absolute Gasteiger partial charge is 0.466 e. The molecule has 0 bridgehead atoms. The van der Waals surface area contributed by atoms with Gasteiger partial charge in [-0.25, -0.2) is 0 Å². The molecule has 3 N–H and O–H groups in total. The third-order valence-electron chi connectivity index (χ3n) is 18.0. The van der Waals surface area contributed by atoms with Crippen LogP contribution in [0.4, 0.5) is 0 Å². The number of aliphatic hydroxyl groups excluding tert-OH is 2. The van der Waals surface area contributed by atoms with Gasteiger partial charge in [0.25, 0.3) is 0 Å². The average molecular weight is 1170 g/mol. The van der Waals surface area contributed by atoms with Gasteiger partial charge in [-0.3, -0.25) is 9.59 Å². The zero-order valence-corrected chi connectivity index (χ0v) is 56.5. The van der Waals surface area contributed by atoms with E-state index in [0.717, 1.165) is 38.5 Å². The lowest BCUT2D eigenvalue weighted by Crippen LogP contribution is -2.45. The van der Waals surface area contributed by atoms with Gasteiger partial charge in [0.05, 0.1) is 25.4 Å². The first-order chi connectivity index (χ1) is 41.0. The van der Waals surface area contributed by atoms with Crippen molar-refractivity contribution in [3.8, 4) is 0 Å². The van der Waals surface area contributed by atoms with E-state index in [1.165, 1.54) is 360 Å². The van der Waals surface area contributed by atoms with Crippen LogP contribution in [0, 0.1) is 0 Å². The maximum atomic E-state index is 12.5. The van der Waals surface area contributed by atoms with Crippen molar-refractivity contribution < 1.29 is 24.5 Å². The number of allylic oxidation sites excluding steroid dienone is 4. The van der Waals surface area contributed by atoms with Crippen LogP contribution < -0.4 is 5.32 Å². The Kier molecular flexibility index (Phi) is 71.4. The minimum atomic E-state index is -0.664. The Morgan fingerprint density at radius 2 is 0.566 bits per heavy atom. The van der Waals surface area contributed by atoms with E-state index >= 15 is 0 Å². The van der Waals surface area contributed by atoms with E-state index in [0.29, 0.717) is 25.9 Å². The standard InChI is InChI=1S/C77H149NO5/c1-3-5-7-9-11-13-15-17-19-21-34-39-43-47-51-55-59-63-67-71-77(82)83-72-68-64-60-56-52-48-44-40-36-33-31-29-27-25-23-24-26-28-30-32-35-38-42-46-50-54-58-62-66-70-76(81)78-74(73-79)75(80)69-65-61-57-53-49-45-41-37-22-20-18-16-14-12-10-8-6-4-2/h17,19,23,25,74-75,79-80H,3-16,18,20-22,24,26-73H2,1-2H3,(H,78,81)/b19-17-,25-23-. The summed E-state index contributed by atoms with van der Waals surface area (Å²) >= 11 is 0. The topological polar surface area (TPSA) is 95.9 Å². The van der Waals surface area contributed by atoms with Crippen LogP contribution in [0.1, 0.15) is 431 Å². The Morgan fingerprint density at radius 1 is 0.325 bits per heavy atom. The first-order valence-electron chi connectivity index (χ1n) is 38.1. The lowest BCUT2D eigenvalue weighted by molar-refractivity contribution is -0.143. The number of rotatable bonds is 72. The smallest absolute Gasteiger partial charge is 0.305 e. The van der Waals surface area contributed by atoms with Crippen LogP contribution in [0.2, 0.25) is 0 Å². The van der Waals surface area contributed by atoms with Gasteiger partial charge >= 0.3 is 5.97 Å². The number of hydrogen-bond donors (Lipinski definition) is 3.